The highest BCUT2D eigenvalue weighted by atomic mass is 16.3. The zero-order valence-corrected chi connectivity index (χ0v) is 74.9. The number of aryl methyl sites for hydroxylation is 14. The Morgan fingerprint density at radius 2 is 0.485 bits per heavy atom. The number of hydrogen-bond acceptors (Lipinski definition) is 4. The molecule has 8 heterocycles. The molecule has 24 aromatic rings. The van der Waals surface area contributed by atoms with Gasteiger partial charge in [0.05, 0.1) is 22.3 Å². The van der Waals surface area contributed by atoms with Crippen LogP contribution in [0.15, 0.2) is 370 Å². The van der Waals surface area contributed by atoms with Gasteiger partial charge in [0, 0.05) is 98.3 Å². The van der Waals surface area contributed by atoms with E-state index >= 15 is 0 Å². The molecule has 130 heavy (non-hydrogen) atoms. The molecule has 0 spiro atoms. The quantitative estimate of drug-likeness (QED) is 0.142. The molecule has 0 saturated carbocycles. The van der Waals surface area contributed by atoms with E-state index in [9.17, 15) is 0 Å². The summed E-state index contributed by atoms with van der Waals surface area (Å²) in [7, 11) is 8.02. The molecule has 8 heteroatoms. The van der Waals surface area contributed by atoms with Gasteiger partial charge in [0.15, 0.2) is 24.8 Å². The topological polar surface area (TPSA) is 68.1 Å². The minimum absolute atomic E-state index is 0.337. The van der Waals surface area contributed by atoms with Crippen LogP contribution >= 0.6 is 0 Å². The zero-order chi connectivity index (χ0) is 94.0. The fraction of sp³-hybridized carbons (Fsp3) is 0.115. The molecule has 8 aromatic heterocycles. The van der Waals surface area contributed by atoms with Crippen LogP contribution in [0.1, 0.15) is 63.9 Å². The van der Waals surface area contributed by atoms with Crippen molar-refractivity contribution >= 4 is 131 Å². The molecule has 24 rings (SSSR count). The maximum absolute atomic E-state index is 8.14. The molecule has 0 fully saturated rings. The van der Waals surface area contributed by atoms with Crippen LogP contribution in [-0.2, 0) is 28.2 Å². The van der Waals surface area contributed by atoms with E-state index in [0.717, 1.165) is 117 Å². The van der Waals surface area contributed by atoms with E-state index in [-0.39, 0.29) is 0 Å². The minimum atomic E-state index is -2.22. The Morgan fingerprint density at radius 3 is 0.846 bits per heavy atom. The lowest BCUT2D eigenvalue weighted by molar-refractivity contribution is -0.660. The van der Waals surface area contributed by atoms with Gasteiger partial charge in [0.2, 0.25) is 22.8 Å². The summed E-state index contributed by atoms with van der Waals surface area (Å²) in [5.74, 6) is 0. The van der Waals surface area contributed by atoms with E-state index < -0.39 is 13.7 Å². The van der Waals surface area contributed by atoms with E-state index in [2.05, 4.69) is 334 Å². The molecule has 628 valence electrons. The van der Waals surface area contributed by atoms with Gasteiger partial charge < -0.3 is 17.7 Å². The number of nitrogens with zero attached hydrogens (tertiary/aromatic N) is 4. The maximum Gasteiger partial charge on any atom is 0.213 e. The minimum Gasteiger partial charge on any atom is -0.456 e. The Bertz CT molecular complexity index is 8960. The highest BCUT2D eigenvalue weighted by molar-refractivity contribution is 6.23. The number of hydrogen-bond donors (Lipinski definition) is 0. The Labute approximate surface area is 765 Å². The van der Waals surface area contributed by atoms with E-state index in [1.54, 1.807) is 12.4 Å². The number of benzene rings is 16. The molecule has 0 N–H and O–H groups in total. The molecule has 0 bridgehead atoms. The summed E-state index contributed by atoms with van der Waals surface area (Å²) >= 11 is 0. The lowest BCUT2D eigenvalue weighted by Crippen LogP contribution is -2.31. The van der Waals surface area contributed by atoms with Gasteiger partial charge in [-0.25, -0.2) is 18.3 Å². The van der Waals surface area contributed by atoms with E-state index in [4.69, 9.17) is 25.9 Å². The average molecular weight is 1690 g/mol. The third-order valence-corrected chi connectivity index (χ3v) is 26.4. The summed E-state index contributed by atoms with van der Waals surface area (Å²) in [6.45, 7) is 12.7. The lowest BCUT2D eigenvalue weighted by Gasteiger charge is -2.10. The van der Waals surface area contributed by atoms with Crippen LogP contribution in [0, 0.1) is 69.1 Å². The highest BCUT2D eigenvalue weighted by Gasteiger charge is 2.27. The molecule has 0 atom stereocenters. The van der Waals surface area contributed by atoms with Crippen molar-refractivity contribution < 1.29 is 44.2 Å². The zero-order valence-electron chi connectivity index (χ0n) is 80.9. The first-order valence-corrected chi connectivity index (χ1v) is 44.4. The largest absolute Gasteiger partial charge is 0.456 e. The van der Waals surface area contributed by atoms with E-state index in [0.29, 0.717) is 16.7 Å². The molecule has 0 radical (unpaired) electrons. The van der Waals surface area contributed by atoms with Crippen LogP contribution in [0.4, 0.5) is 0 Å². The predicted molar refractivity (Wildman–Crippen MR) is 540 cm³/mol. The molecule has 8 nitrogen and oxygen atoms in total. The van der Waals surface area contributed by atoms with Crippen molar-refractivity contribution in [1.29, 1.82) is 0 Å². The molecular weight excluding hydrogens is 1590 g/mol. The predicted octanol–water partition coefficient (Wildman–Crippen LogP) is 30.7. The number of furan rings is 4. The second kappa shape index (κ2) is 33.0. The molecule has 16 aromatic carbocycles. The summed E-state index contributed by atoms with van der Waals surface area (Å²) in [5.41, 5.74) is 34.2. The number of pyridine rings is 4. The van der Waals surface area contributed by atoms with Crippen molar-refractivity contribution in [3.05, 3.63) is 408 Å². The first kappa shape index (κ1) is 74.6. The van der Waals surface area contributed by atoms with E-state index in [1.165, 1.54) is 143 Å². The van der Waals surface area contributed by atoms with Crippen molar-refractivity contribution in [3.63, 3.8) is 0 Å². The molecule has 0 unspecified atom stereocenters. The van der Waals surface area contributed by atoms with Gasteiger partial charge in [-0.15, -0.1) is 0 Å². The summed E-state index contributed by atoms with van der Waals surface area (Å²) in [6.07, 6.45) is 7.83. The molecule has 0 aliphatic heterocycles. The van der Waals surface area contributed by atoms with Gasteiger partial charge >= 0.3 is 0 Å². The second-order valence-corrected chi connectivity index (χ2v) is 35.0. The normalized spacial score (nSPS) is 12.5. The fourth-order valence-corrected chi connectivity index (χ4v) is 19.9. The van der Waals surface area contributed by atoms with Crippen LogP contribution in [0.3, 0.4) is 0 Å². The third kappa shape index (κ3) is 14.5. The van der Waals surface area contributed by atoms with Crippen LogP contribution in [0.25, 0.3) is 220 Å². The van der Waals surface area contributed by atoms with Gasteiger partial charge in [-0.3, -0.25) is 0 Å². The molecule has 0 aliphatic carbocycles. The van der Waals surface area contributed by atoms with Crippen molar-refractivity contribution in [1.82, 2.24) is 0 Å². The number of fused-ring (bicyclic) bond motifs is 20. The standard InChI is InChI=1S/2C31H26NO.2C30H24NO/c2*1-19-14-27-29(33-30-15-20(2)23-12-8-9-13-24(23)31(27)30)17-26(19)28-16-25(21(3)18-32(28)4)22-10-6-5-7-11-22;1-19-15-26-29(32-28-14-13-22-11-7-8-12-23(22)30(26)28)17-25(19)27-16-24(20(2)18-31(27)3)21-9-5-4-6-10-21;1-19-15-26-28(32-29-16-20(2)23-11-7-8-12-24(23)30(26)29)18-25(19)27-17-22(13-14-31(27)3)21-9-5-4-6-10-21/h2*5-18H,1-4H3;2*4-18H,1-3H3/q4*+1/i3D3;;2D3;. The summed E-state index contributed by atoms with van der Waals surface area (Å²) in [5, 5.41) is 19.1. The molecule has 0 aliphatic rings. The highest BCUT2D eigenvalue weighted by Crippen LogP contribution is 2.46. The van der Waals surface area contributed by atoms with Crippen LogP contribution < -0.4 is 18.3 Å². The Morgan fingerprint density at radius 1 is 0.192 bits per heavy atom. The van der Waals surface area contributed by atoms with Crippen LogP contribution in [-0.4, -0.2) is 0 Å². The van der Waals surface area contributed by atoms with Crippen LogP contribution in [0.2, 0.25) is 0 Å². The Kier molecular flexibility index (Phi) is 18.9. The lowest BCUT2D eigenvalue weighted by atomic mass is 9.95. The van der Waals surface area contributed by atoms with Crippen molar-refractivity contribution in [2.75, 3.05) is 0 Å². The number of aromatic nitrogens is 4. The maximum atomic E-state index is 8.14. The van der Waals surface area contributed by atoms with Gasteiger partial charge in [0.1, 0.15) is 72.9 Å². The summed E-state index contributed by atoms with van der Waals surface area (Å²) in [6, 6.07) is 113. The second-order valence-electron chi connectivity index (χ2n) is 35.0. The molecular formula is C122H100N4O4+4. The SMILES string of the molecule is Cc1c[n+](C)c(-c2cc3oc4cc(C)c5ccccc5c4c3cc2C)cc1-c1ccccc1.Cc1cc2c(cc1-c1cc(-c3ccccc3)cc[n+]1C)oc1cc(C)c3ccccc3c12.[2H]C([2H])([2H])c1c[n+](C)c(-c2cc3oc4cc(C)c5ccccc5c4c3cc2C)cc1-c1ccccc1.[2H]C([2H])([2H])c1c[n+](C)c(-c2cc3oc4ccc5ccccc5c4c3cc2C)cc1-c1ccccc1. The molecule has 0 saturated heterocycles. The monoisotopic (exact) mass is 1690 g/mol. The van der Waals surface area contributed by atoms with Gasteiger partial charge in [-0.1, -0.05) is 224 Å². The molecule has 0 amide bonds. The van der Waals surface area contributed by atoms with Gasteiger partial charge in [-0.2, -0.15) is 0 Å². The average Bonchev–Trinajstić information content (AvgIpc) is 1.57. The fourth-order valence-electron chi connectivity index (χ4n) is 19.9. The third-order valence-electron chi connectivity index (χ3n) is 26.4. The van der Waals surface area contributed by atoms with Crippen molar-refractivity contribution in [2.45, 2.75) is 69.1 Å². The number of rotatable bonds is 8. The first-order valence-electron chi connectivity index (χ1n) is 47.4. The first-order chi connectivity index (χ1) is 65.6. The van der Waals surface area contributed by atoms with Crippen LogP contribution in [0.5, 0.6) is 0 Å². The smallest absolute Gasteiger partial charge is 0.213 e. The van der Waals surface area contributed by atoms with Gasteiger partial charge in [0.25, 0.3) is 0 Å². The van der Waals surface area contributed by atoms with Gasteiger partial charge in [-0.05, 0) is 268 Å². The van der Waals surface area contributed by atoms with Crippen molar-refractivity contribution in [2.24, 2.45) is 28.2 Å². The van der Waals surface area contributed by atoms with Crippen molar-refractivity contribution in [3.8, 4) is 89.5 Å². The van der Waals surface area contributed by atoms with E-state index in [1.807, 2.05) is 108 Å². The Balaban J connectivity index is 0.000000109. The summed E-state index contributed by atoms with van der Waals surface area (Å²) in [4.78, 5) is 0. The Hall–Kier alpha value is -15.6. The summed E-state index contributed by atoms with van der Waals surface area (Å²) < 4.78 is 82.5.